The molecule has 0 aliphatic rings. The highest BCUT2D eigenvalue weighted by Crippen LogP contribution is 2.09. The lowest BCUT2D eigenvalue weighted by atomic mass is 10.1. The van der Waals surface area contributed by atoms with E-state index in [2.05, 4.69) is 15.4 Å². The zero-order valence-corrected chi connectivity index (χ0v) is 16.3. The van der Waals surface area contributed by atoms with Crippen molar-refractivity contribution < 1.29 is 28.7 Å². The van der Waals surface area contributed by atoms with E-state index in [0.717, 1.165) is 5.56 Å². The molecule has 0 heterocycles. The summed E-state index contributed by atoms with van der Waals surface area (Å²) >= 11 is 5.74. The second-order valence-corrected chi connectivity index (χ2v) is 6.25. The molecule has 0 fully saturated rings. The van der Waals surface area contributed by atoms with Gasteiger partial charge in [-0.3, -0.25) is 14.4 Å². The molecule has 2 aromatic carbocycles. The largest absolute Gasteiger partial charge is 0.465 e. The van der Waals surface area contributed by atoms with Crippen molar-refractivity contribution in [1.29, 1.82) is 0 Å². The van der Waals surface area contributed by atoms with Gasteiger partial charge >= 0.3 is 11.9 Å². The molecule has 29 heavy (non-hydrogen) atoms. The van der Waals surface area contributed by atoms with Crippen molar-refractivity contribution in [3.8, 4) is 0 Å². The number of amides is 2. The third kappa shape index (κ3) is 7.27. The van der Waals surface area contributed by atoms with E-state index in [9.17, 15) is 19.2 Å². The summed E-state index contributed by atoms with van der Waals surface area (Å²) in [5.74, 6) is -2.15. The Labute approximate surface area is 172 Å². The van der Waals surface area contributed by atoms with Crippen LogP contribution in [0.1, 0.15) is 26.3 Å². The molecule has 0 aromatic heterocycles. The predicted octanol–water partition coefficient (Wildman–Crippen LogP) is 1.72. The highest BCUT2D eigenvalue weighted by Gasteiger charge is 2.11. The van der Waals surface area contributed by atoms with Crippen LogP contribution in [-0.2, 0) is 25.6 Å². The van der Waals surface area contributed by atoms with Gasteiger partial charge in [0.1, 0.15) is 6.54 Å². The highest BCUT2D eigenvalue weighted by atomic mass is 35.5. The van der Waals surface area contributed by atoms with Crippen molar-refractivity contribution in [2.75, 3.05) is 20.3 Å². The summed E-state index contributed by atoms with van der Waals surface area (Å²) in [4.78, 5) is 46.7. The van der Waals surface area contributed by atoms with Gasteiger partial charge in [0.05, 0.1) is 12.7 Å². The van der Waals surface area contributed by atoms with E-state index < -0.39 is 30.4 Å². The summed E-state index contributed by atoms with van der Waals surface area (Å²) in [5.41, 5.74) is 1.50. The predicted molar refractivity (Wildman–Crippen MR) is 104 cm³/mol. The average molecular weight is 419 g/mol. The topological polar surface area (TPSA) is 111 Å². The Bertz CT molecular complexity index is 881. The zero-order valence-electron chi connectivity index (χ0n) is 15.6. The second kappa shape index (κ2) is 10.8. The number of rotatable bonds is 8. The van der Waals surface area contributed by atoms with Crippen molar-refractivity contribution in [1.82, 2.24) is 10.6 Å². The number of benzene rings is 2. The normalized spacial score (nSPS) is 10.0. The SMILES string of the molecule is COC(=O)c1ccc(CNC(=O)COC(=O)CNC(=O)c2ccc(Cl)cc2)cc1. The first-order valence-electron chi connectivity index (χ1n) is 8.52. The molecular weight excluding hydrogens is 400 g/mol. The molecule has 2 rings (SSSR count). The van der Waals surface area contributed by atoms with Crippen molar-refractivity contribution in [2.24, 2.45) is 0 Å². The van der Waals surface area contributed by atoms with E-state index in [-0.39, 0.29) is 13.1 Å². The van der Waals surface area contributed by atoms with Gasteiger partial charge in [-0.05, 0) is 42.0 Å². The molecule has 0 bridgehead atoms. The standard InChI is InChI=1S/C20H19ClN2O6/c1-28-20(27)15-4-2-13(3-5-15)10-22-17(24)12-29-18(25)11-23-19(26)14-6-8-16(21)9-7-14/h2-9H,10-12H2,1H3,(H,22,24)(H,23,26). The fraction of sp³-hybridized carbons (Fsp3) is 0.200. The van der Waals surface area contributed by atoms with Crippen LogP contribution < -0.4 is 10.6 Å². The number of nitrogens with one attached hydrogen (secondary N) is 2. The Balaban J connectivity index is 1.67. The smallest absolute Gasteiger partial charge is 0.337 e. The Morgan fingerprint density at radius 2 is 1.52 bits per heavy atom. The number of carbonyl (C=O) groups excluding carboxylic acids is 4. The van der Waals surface area contributed by atoms with E-state index >= 15 is 0 Å². The van der Waals surface area contributed by atoms with Crippen LogP contribution in [0.4, 0.5) is 0 Å². The van der Waals surface area contributed by atoms with E-state index in [4.69, 9.17) is 16.3 Å². The molecule has 152 valence electrons. The van der Waals surface area contributed by atoms with E-state index in [1.165, 1.54) is 19.2 Å². The number of hydrogen-bond donors (Lipinski definition) is 2. The quantitative estimate of drug-likeness (QED) is 0.631. The second-order valence-electron chi connectivity index (χ2n) is 5.82. The fourth-order valence-electron chi connectivity index (χ4n) is 2.18. The van der Waals surface area contributed by atoms with Crippen molar-refractivity contribution in [3.63, 3.8) is 0 Å². The molecule has 0 atom stereocenters. The summed E-state index contributed by atoms with van der Waals surface area (Å²) in [6, 6.07) is 12.7. The molecule has 9 heteroatoms. The fourth-order valence-corrected chi connectivity index (χ4v) is 2.31. The monoisotopic (exact) mass is 418 g/mol. The molecule has 0 saturated heterocycles. The minimum absolute atomic E-state index is 0.200. The van der Waals surface area contributed by atoms with E-state index in [1.807, 2.05) is 0 Å². The first-order chi connectivity index (χ1) is 13.9. The maximum atomic E-state index is 11.9. The lowest BCUT2D eigenvalue weighted by Gasteiger charge is -2.08. The number of hydrogen-bond acceptors (Lipinski definition) is 6. The molecule has 8 nitrogen and oxygen atoms in total. The van der Waals surface area contributed by atoms with E-state index in [0.29, 0.717) is 16.1 Å². The van der Waals surface area contributed by atoms with Crippen molar-refractivity contribution >= 4 is 35.4 Å². The molecule has 0 radical (unpaired) electrons. The Morgan fingerprint density at radius 1 is 0.897 bits per heavy atom. The summed E-state index contributed by atoms with van der Waals surface area (Å²) < 4.78 is 9.42. The van der Waals surface area contributed by atoms with Gasteiger partial charge in [0.25, 0.3) is 11.8 Å². The molecule has 0 unspecified atom stereocenters. The number of esters is 2. The Kier molecular flexibility index (Phi) is 8.17. The summed E-state index contributed by atoms with van der Waals surface area (Å²) in [6.07, 6.45) is 0. The first kappa shape index (κ1) is 21.9. The van der Waals surface area contributed by atoms with Crippen LogP contribution in [0.15, 0.2) is 48.5 Å². The van der Waals surface area contributed by atoms with Crippen molar-refractivity contribution in [2.45, 2.75) is 6.54 Å². The molecule has 2 N–H and O–H groups in total. The molecular formula is C20H19ClN2O6. The number of halogens is 1. The van der Waals surface area contributed by atoms with Gasteiger partial charge < -0.3 is 20.1 Å². The van der Waals surface area contributed by atoms with Gasteiger partial charge in [0, 0.05) is 17.1 Å². The summed E-state index contributed by atoms with van der Waals surface area (Å²) in [6.45, 7) is -0.648. The zero-order chi connectivity index (χ0) is 21.2. The molecule has 0 spiro atoms. The minimum Gasteiger partial charge on any atom is -0.465 e. The Hall–Kier alpha value is -3.39. The Morgan fingerprint density at radius 3 is 2.14 bits per heavy atom. The van der Waals surface area contributed by atoms with Gasteiger partial charge in [0.15, 0.2) is 6.61 Å². The molecule has 2 aromatic rings. The number of carbonyl (C=O) groups is 4. The van der Waals surface area contributed by atoms with Gasteiger partial charge in [-0.15, -0.1) is 0 Å². The van der Waals surface area contributed by atoms with Crippen LogP contribution in [0.2, 0.25) is 5.02 Å². The highest BCUT2D eigenvalue weighted by molar-refractivity contribution is 6.30. The molecule has 0 saturated carbocycles. The minimum atomic E-state index is -0.745. The summed E-state index contributed by atoms with van der Waals surface area (Å²) in [7, 11) is 1.29. The van der Waals surface area contributed by atoms with Crippen LogP contribution in [0.25, 0.3) is 0 Å². The van der Waals surface area contributed by atoms with Crippen LogP contribution in [0.3, 0.4) is 0 Å². The van der Waals surface area contributed by atoms with Gasteiger partial charge in [-0.1, -0.05) is 23.7 Å². The molecule has 0 aliphatic heterocycles. The van der Waals surface area contributed by atoms with Gasteiger partial charge in [-0.2, -0.15) is 0 Å². The summed E-state index contributed by atoms with van der Waals surface area (Å²) in [5, 5.41) is 5.47. The van der Waals surface area contributed by atoms with E-state index in [1.54, 1.807) is 36.4 Å². The first-order valence-corrected chi connectivity index (χ1v) is 8.90. The molecule has 0 aliphatic carbocycles. The van der Waals surface area contributed by atoms with Crippen LogP contribution in [0.5, 0.6) is 0 Å². The maximum absolute atomic E-state index is 11.9. The number of methoxy groups -OCH3 is 1. The van der Waals surface area contributed by atoms with Gasteiger partial charge in [-0.25, -0.2) is 4.79 Å². The van der Waals surface area contributed by atoms with Crippen LogP contribution in [-0.4, -0.2) is 44.0 Å². The maximum Gasteiger partial charge on any atom is 0.337 e. The third-order valence-corrected chi connectivity index (χ3v) is 3.98. The van der Waals surface area contributed by atoms with Gasteiger partial charge in [0.2, 0.25) is 0 Å². The van der Waals surface area contributed by atoms with Crippen LogP contribution in [0, 0.1) is 0 Å². The average Bonchev–Trinajstić information content (AvgIpc) is 2.74. The third-order valence-electron chi connectivity index (χ3n) is 3.73. The lowest BCUT2D eigenvalue weighted by Crippen LogP contribution is -2.33. The van der Waals surface area contributed by atoms with Crippen LogP contribution >= 0.6 is 11.6 Å². The lowest BCUT2D eigenvalue weighted by molar-refractivity contribution is -0.147. The van der Waals surface area contributed by atoms with Crippen molar-refractivity contribution in [3.05, 3.63) is 70.2 Å². The number of ether oxygens (including phenoxy) is 2. The molecule has 2 amide bonds.